The molecule has 0 bridgehead atoms. The van der Waals surface area contributed by atoms with E-state index < -0.39 is 0 Å². The lowest BCUT2D eigenvalue weighted by molar-refractivity contribution is 0.873. The van der Waals surface area contributed by atoms with Crippen LogP contribution in [0.25, 0.3) is 11.0 Å². The van der Waals surface area contributed by atoms with Crippen LogP contribution in [-0.4, -0.2) is 9.97 Å². The average molecular weight is 173 g/mol. The smallest absolute Gasteiger partial charge is 0.0882 e. The molecule has 0 saturated heterocycles. The van der Waals surface area contributed by atoms with Crippen molar-refractivity contribution < 1.29 is 0 Å². The van der Waals surface area contributed by atoms with Crippen molar-refractivity contribution in [3.8, 4) is 0 Å². The summed E-state index contributed by atoms with van der Waals surface area (Å²) in [5, 5.41) is 0. The maximum Gasteiger partial charge on any atom is 0.0882 e. The third-order valence-corrected chi connectivity index (χ3v) is 2.02. The van der Waals surface area contributed by atoms with Gasteiger partial charge in [0.25, 0.3) is 0 Å². The Morgan fingerprint density at radius 3 is 3.08 bits per heavy atom. The normalized spacial score (nSPS) is 13.0. The first-order valence-electron chi connectivity index (χ1n) is 4.13. The predicted molar refractivity (Wildman–Crippen MR) is 53.2 cm³/mol. The van der Waals surface area contributed by atoms with Gasteiger partial charge in [0.2, 0.25) is 0 Å². The van der Waals surface area contributed by atoms with Gasteiger partial charge in [-0.25, -0.2) is 4.98 Å². The number of nitrogens with zero attached hydrogens (tertiary/aromatic N) is 1. The number of rotatable bonds is 2. The Morgan fingerprint density at radius 2 is 2.31 bits per heavy atom. The van der Waals surface area contributed by atoms with Crippen molar-refractivity contribution in [2.45, 2.75) is 6.04 Å². The molecule has 3 heteroatoms. The average Bonchev–Trinajstić information content (AvgIpc) is 2.63. The molecule has 13 heavy (non-hydrogen) atoms. The summed E-state index contributed by atoms with van der Waals surface area (Å²) >= 11 is 0. The SMILES string of the molecule is C=C[C@@H](N)c1ccc2[nH]ccc2n1. The van der Waals surface area contributed by atoms with Crippen LogP contribution in [0.3, 0.4) is 0 Å². The van der Waals surface area contributed by atoms with Gasteiger partial charge in [-0.15, -0.1) is 6.58 Å². The van der Waals surface area contributed by atoms with Crippen molar-refractivity contribution in [2.75, 3.05) is 0 Å². The molecule has 0 radical (unpaired) electrons. The van der Waals surface area contributed by atoms with Gasteiger partial charge in [-0.1, -0.05) is 6.08 Å². The van der Waals surface area contributed by atoms with Crippen molar-refractivity contribution in [2.24, 2.45) is 5.73 Å². The molecule has 2 rings (SSSR count). The zero-order chi connectivity index (χ0) is 9.26. The van der Waals surface area contributed by atoms with E-state index in [1.165, 1.54) is 0 Å². The predicted octanol–water partition coefficient (Wildman–Crippen LogP) is 1.75. The van der Waals surface area contributed by atoms with E-state index >= 15 is 0 Å². The van der Waals surface area contributed by atoms with Crippen LogP contribution in [0.1, 0.15) is 11.7 Å². The first-order valence-corrected chi connectivity index (χ1v) is 4.13. The quantitative estimate of drug-likeness (QED) is 0.680. The second-order valence-corrected chi connectivity index (χ2v) is 2.91. The zero-order valence-electron chi connectivity index (χ0n) is 7.20. The van der Waals surface area contributed by atoms with E-state index in [0.717, 1.165) is 16.7 Å². The first kappa shape index (κ1) is 8.01. The van der Waals surface area contributed by atoms with Crippen LogP contribution in [0.5, 0.6) is 0 Å². The lowest BCUT2D eigenvalue weighted by atomic mass is 10.2. The van der Waals surface area contributed by atoms with E-state index in [4.69, 9.17) is 5.73 Å². The van der Waals surface area contributed by atoms with Crippen molar-refractivity contribution in [3.63, 3.8) is 0 Å². The summed E-state index contributed by atoms with van der Waals surface area (Å²) < 4.78 is 0. The van der Waals surface area contributed by atoms with Crippen LogP contribution in [0.2, 0.25) is 0 Å². The third-order valence-electron chi connectivity index (χ3n) is 2.02. The Morgan fingerprint density at radius 1 is 1.46 bits per heavy atom. The number of fused-ring (bicyclic) bond motifs is 1. The van der Waals surface area contributed by atoms with Gasteiger partial charge in [-0.2, -0.15) is 0 Å². The second kappa shape index (κ2) is 3.03. The Labute approximate surface area is 76.3 Å². The molecule has 2 aromatic rings. The molecular formula is C10H11N3. The van der Waals surface area contributed by atoms with Crippen LogP contribution in [0.15, 0.2) is 37.1 Å². The van der Waals surface area contributed by atoms with Gasteiger partial charge >= 0.3 is 0 Å². The Balaban J connectivity index is 2.53. The highest BCUT2D eigenvalue weighted by Gasteiger charge is 2.03. The Bertz CT molecular complexity index is 430. The highest BCUT2D eigenvalue weighted by atomic mass is 14.8. The highest BCUT2D eigenvalue weighted by molar-refractivity contribution is 5.74. The molecule has 0 spiro atoms. The molecule has 1 atom stereocenters. The van der Waals surface area contributed by atoms with Crippen LogP contribution in [0.4, 0.5) is 0 Å². The number of nitrogens with two attached hydrogens (primary N) is 1. The molecule has 0 aliphatic rings. The molecule has 2 aromatic heterocycles. The van der Waals surface area contributed by atoms with Gasteiger partial charge in [0, 0.05) is 6.20 Å². The largest absolute Gasteiger partial charge is 0.360 e. The maximum atomic E-state index is 5.76. The van der Waals surface area contributed by atoms with Gasteiger partial charge in [0.15, 0.2) is 0 Å². The van der Waals surface area contributed by atoms with Gasteiger partial charge < -0.3 is 10.7 Å². The second-order valence-electron chi connectivity index (χ2n) is 2.91. The summed E-state index contributed by atoms with van der Waals surface area (Å²) in [6.07, 6.45) is 3.54. The summed E-state index contributed by atoms with van der Waals surface area (Å²) in [6.45, 7) is 3.63. The fourth-order valence-corrected chi connectivity index (χ4v) is 1.26. The van der Waals surface area contributed by atoms with E-state index in [1.54, 1.807) is 6.08 Å². The van der Waals surface area contributed by atoms with Gasteiger partial charge in [-0.05, 0) is 18.2 Å². The van der Waals surface area contributed by atoms with Crippen molar-refractivity contribution in [1.29, 1.82) is 0 Å². The van der Waals surface area contributed by atoms with Crippen LogP contribution in [0, 0.1) is 0 Å². The van der Waals surface area contributed by atoms with E-state index in [9.17, 15) is 0 Å². The molecule has 3 N–H and O–H groups in total. The van der Waals surface area contributed by atoms with Gasteiger partial charge in [-0.3, -0.25) is 0 Å². The fraction of sp³-hybridized carbons (Fsp3) is 0.100. The van der Waals surface area contributed by atoms with Crippen LogP contribution in [-0.2, 0) is 0 Å². The van der Waals surface area contributed by atoms with Crippen LogP contribution < -0.4 is 5.73 Å². The van der Waals surface area contributed by atoms with Gasteiger partial charge in [0.1, 0.15) is 0 Å². The number of aromatic nitrogens is 2. The summed E-state index contributed by atoms with van der Waals surface area (Å²) in [6, 6.07) is 5.63. The fourth-order valence-electron chi connectivity index (χ4n) is 1.26. The van der Waals surface area contributed by atoms with Crippen LogP contribution >= 0.6 is 0 Å². The monoisotopic (exact) mass is 173 g/mol. The van der Waals surface area contributed by atoms with E-state index in [0.29, 0.717) is 0 Å². The minimum atomic E-state index is -0.181. The van der Waals surface area contributed by atoms with E-state index in [2.05, 4.69) is 16.5 Å². The van der Waals surface area contributed by atoms with Gasteiger partial charge in [0.05, 0.1) is 22.8 Å². The first-order chi connectivity index (χ1) is 6.31. The number of nitrogens with one attached hydrogen (secondary N) is 1. The number of pyridine rings is 1. The molecular weight excluding hydrogens is 162 g/mol. The van der Waals surface area contributed by atoms with E-state index in [1.807, 2.05) is 24.4 Å². The highest BCUT2D eigenvalue weighted by Crippen LogP contribution is 2.14. The molecule has 0 aliphatic heterocycles. The zero-order valence-corrected chi connectivity index (χ0v) is 7.20. The molecule has 0 unspecified atom stereocenters. The number of aromatic amines is 1. The molecule has 0 saturated carbocycles. The minimum absolute atomic E-state index is 0.181. The molecule has 0 amide bonds. The minimum Gasteiger partial charge on any atom is -0.360 e. The molecule has 0 aliphatic carbocycles. The third kappa shape index (κ3) is 1.34. The van der Waals surface area contributed by atoms with E-state index in [-0.39, 0.29) is 6.04 Å². The van der Waals surface area contributed by atoms with Crippen molar-refractivity contribution in [1.82, 2.24) is 9.97 Å². The summed E-state index contributed by atoms with van der Waals surface area (Å²) in [7, 11) is 0. The molecule has 3 nitrogen and oxygen atoms in total. The molecule has 66 valence electrons. The topological polar surface area (TPSA) is 54.7 Å². The lowest BCUT2D eigenvalue weighted by Gasteiger charge is -2.04. The van der Waals surface area contributed by atoms with Crippen molar-refractivity contribution >= 4 is 11.0 Å². The lowest BCUT2D eigenvalue weighted by Crippen LogP contribution is -2.08. The Kier molecular flexibility index (Phi) is 1.87. The summed E-state index contributed by atoms with van der Waals surface area (Å²) in [5.41, 5.74) is 8.58. The molecule has 0 fully saturated rings. The number of H-pyrrole nitrogens is 1. The number of hydrogen-bond donors (Lipinski definition) is 2. The molecule has 2 heterocycles. The summed E-state index contributed by atoms with van der Waals surface area (Å²) in [5.74, 6) is 0. The standard InChI is InChI=1S/C10H11N3/c1-2-7(11)8-3-4-9-10(13-8)5-6-12-9/h2-7,12H,1,11H2/t7-/m1/s1. The van der Waals surface area contributed by atoms with Crippen molar-refractivity contribution in [3.05, 3.63) is 42.7 Å². The number of hydrogen-bond acceptors (Lipinski definition) is 2. The Hall–Kier alpha value is -1.61. The summed E-state index contributed by atoms with van der Waals surface area (Å²) in [4.78, 5) is 7.45. The molecule has 0 aromatic carbocycles. The maximum absolute atomic E-state index is 5.76.